The Morgan fingerprint density at radius 1 is 1.25 bits per heavy atom. The molecule has 1 fully saturated rings. The fourth-order valence-electron chi connectivity index (χ4n) is 3.24. The van der Waals surface area contributed by atoms with Crippen molar-refractivity contribution in [1.82, 2.24) is 14.7 Å². The number of aromatic nitrogens is 2. The first kappa shape index (κ1) is 23.8. The molecule has 0 bridgehead atoms. The van der Waals surface area contributed by atoms with Crippen molar-refractivity contribution in [3.8, 4) is 0 Å². The number of aliphatic carboxylic acids is 1. The number of rotatable bonds is 12. The molecule has 1 aromatic heterocycles. The summed E-state index contributed by atoms with van der Waals surface area (Å²) in [5.74, 6) is 0.169. The maximum atomic E-state index is 12.8. The monoisotopic (exact) mass is 459 g/mol. The fourth-order valence-corrected chi connectivity index (χ4v) is 4.17. The molecule has 0 saturated heterocycles. The van der Waals surface area contributed by atoms with E-state index in [4.69, 9.17) is 5.11 Å². The first-order chi connectivity index (χ1) is 15.4. The Bertz CT molecular complexity index is 996. The van der Waals surface area contributed by atoms with Crippen molar-refractivity contribution < 1.29 is 18.9 Å². The molecule has 10 heteroatoms. The van der Waals surface area contributed by atoms with Crippen LogP contribution in [0.3, 0.4) is 0 Å². The molecule has 0 radical (unpaired) electrons. The van der Waals surface area contributed by atoms with E-state index in [1.54, 1.807) is 31.2 Å². The number of carboxylic acid groups (broad SMARTS) is 1. The number of nitrogens with one attached hydrogen (secondary N) is 2. The number of carboxylic acids is 1. The summed E-state index contributed by atoms with van der Waals surface area (Å²) in [7, 11) is -1.53. The molecule has 3 rings (SSSR count). The van der Waals surface area contributed by atoms with Crippen LogP contribution >= 0.6 is 0 Å². The van der Waals surface area contributed by atoms with Crippen molar-refractivity contribution in [3.05, 3.63) is 41.9 Å². The normalized spacial score (nSPS) is 14.1. The summed E-state index contributed by atoms with van der Waals surface area (Å²) in [4.78, 5) is 34.6. The van der Waals surface area contributed by atoms with Crippen molar-refractivity contribution in [2.45, 2.75) is 44.4 Å². The molecule has 0 spiro atoms. The molecular weight excluding hydrogens is 430 g/mol. The van der Waals surface area contributed by atoms with Gasteiger partial charge >= 0.3 is 5.97 Å². The molecule has 32 heavy (non-hydrogen) atoms. The summed E-state index contributed by atoms with van der Waals surface area (Å²) >= 11 is 0. The van der Waals surface area contributed by atoms with E-state index in [9.17, 15) is 13.8 Å². The number of anilines is 2. The highest BCUT2D eigenvalue weighted by atomic mass is 32.2. The summed E-state index contributed by atoms with van der Waals surface area (Å²) in [6.07, 6.45) is 4.79. The van der Waals surface area contributed by atoms with Crippen LogP contribution in [0.25, 0.3) is 0 Å². The predicted molar refractivity (Wildman–Crippen MR) is 123 cm³/mol. The second-order valence-corrected chi connectivity index (χ2v) is 9.19. The van der Waals surface area contributed by atoms with Crippen molar-refractivity contribution >= 4 is 34.4 Å². The van der Waals surface area contributed by atoms with Gasteiger partial charge in [-0.1, -0.05) is 6.92 Å². The van der Waals surface area contributed by atoms with Crippen LogP contribution in [-0.4, -0.2) is 50.8 Å². The smallest absolute Gasteiger partial charge is 0.304 e. The molecule has 3 N–H and O–H groups in total. The molecule has 1 aromatic carbocycles. The first-order valence-corrected chi connectivity index (χ1v) is 11.9. The third-order valence-corrected chi connectivity index (χ3v) is 6.26. The largest absolute Gasteiger partial charge is 0.481 e. The third kappa shape index (κ3) is 6.83. The van der Waals surface area contributed by atoms with Gasteiger partial charge in [-0.2, -0.15) is 0 Å². The minimum absolute atomic E-state index is 0.103. The minimum atomic E-state index is -1.53. The van der Waals surface area contributed by atoms with Gasteiger partial charge < -0.3 is 15.3 Å². The Morgan fingerprint density at radius 3 is 2.69 bits per heavy atom. The van der Waals surface area contributed by atoms with Crippen molar-refractivity contribution in [2.24, 2.45) is 5.92 Å². The number of nitrogens with zero attached hydrogens (tertiary/aromatic N) is 3. The van der Waals surface area contributed by atoms with Crippen LogP contribution in [0.2, 0.25) is 0 Å². The summed E-state index contributed by atoms with van der Waals surface area (Å²) in [6, 6.07) is 6.73. The molecule has 2 aromatic rings. The van der Waals surface area contributed by atoms with Gasteiger partial charge in [-0.15, -0.1) is 0 Å². The van der Waals surface area contributed by atoms with Gasteiger partial charge in [-0.25, -0.2) is 18.9 Å². The van der Waals surface area contributed by atoms with Gasteiger partial charge in [0.05, 0.1) is 11.3 Å². The van der Waals surface area contributed by atoms with E-state index < -0.39 is 17.0 Å². The van der Waals surface area contributed by atoms with Crippen LogP contribution in [0.1, 0.15) is 48.7 Å². The molecule has 9 nitrogen and oxygen atoms in total. The Kier molecular flexibility index (Phi) is 8.29. The van der Waals surface area contributed by atoms with Crippen LogP contribution in [-0.2, 0) is 15.8 Å². The molecule has 1 aliphatic rings. The number of hydrogen-bond acceptors (Lipinski definition) is 6. The van der Waals surface area contributed by atoms with Gasteiger partial charge in [0.25, 0.3) is 5.91 Å². The molecule has 0 aliphatic heterocycles. The van der Waals surface area contributed by atoms with Gasteiger partial charge in [0.2, 0.25) is 0 Å². The molecule has 1 heterocycles. The lowest BCUT2D eigenvalue weighted by atomic mass is 10.2. The van der Waals surface area contributed by atoms with Gasteiger partial charge in [0.15, 0.2) is 0 Å². The molecule has 1 amide bonds. The van der Waals surface area contributed by atoms with Crippen molar-refractivity contribution in [2.75, 3.05) is 29.9 Å². The van der Waals surface area contributed by atoms with Crippen LogP contribution in [0.15, 0.2) is 35.5 Å². The number of aryl methyl sites for hydroxylation is 1. The Morgan fingerprint density at radius 2 is 2.03 bits per heavy atom. The van der Waals surface area contributed by atoms with Crippen LogP contribution in [0.5, 0.6) is 0 Å². The SMILES string of the molecule is CCCN(CC1CC1)c1cc(C(=O)Nc2ccc(S(=O)NCCC(=O)O)cc2C)ncn1. The highest BCUT2D eigenvalue weighted by Gasteiger charge is 2.25. The van der Waals surface area contributed by atoms with Crippen LogP contribution in [0.4, 0.5) is 11.5 Å². The lowest BCUT2D eigenvalue weighted by Crippen LogP contribution is -2.28. The maximum absolute atomic E-state index is 12.8. The highest BCUT2D eigenvalue weighted by Crippen LogP contribution is 2.31. The number of carbonyl (C=O) groups excluding carboxylic acids is 1. The molecule has 1 atom stereocenters. The first-order valence-electron chi connectivity index (χ1n) is 10.7. The molecular formula is C22H29N5O4S. The second-order valence-electron chi connectivity index (χ2n) is 7.89. The van der Waals surface area contributed by atoms with Crippen LogP contribution < -0.4 is 14.9 Å². The number of amides is 1. The average molecular weight is 460 g/mol. The van der Waals surface area contributed by atoms with E-state index in [0.29, 0.717) is 16.5 Å². The summed E-state index contributed by atoms with van der Waals surface area (Å²) in [5.41, 5.74) is 1.61. The molecule has 1 aliphatic carbocycles. The van der Waals surface area contributed by atoms with E-state index >= 15 is 0 Å². The lowest BCUT2D eigenvalue weighted by molar-refractivity contribution is -0.136. The zero-order valence-electron chi connectivity index (χ0n) is 18.3. The van der Waals surface area contributed by atoms with E-state index in [2.05, 4.69) is 31.8 Å². The summed E-state index contributed by atoms with van der Waals surface area (Å²) in [5, 5.41) is 11.5. The second kappa shape index (κ2) is 11.1. The third-order valence-electron chi connectivity index (χ3n) is 5.11. The number of benzene rings is 1. The molecule has 172 valence electrons. The quantitative estimate of drug-likeness (QED) is 0.446. The van der Waals surface area contributed by atoms with E-state index in [1.165, 1.54) is 19.2 Å². The number of hydrogen-bond donors (Lipinski definition) is 3. The minimum Gasteiger partial charge on any atom is -0.481 e. The number of carbonyl (C=O) groups is 2. The van der Waals surface area contributed by atoms with Crippen molar-refractivity contribution in [1.29, 1.82) is 0 Å². The zero-order chi connectivity index (χ0) is 23.1. The average Bonchev–Trinajstić information content (AvgIpc) is 3.58. The molecule has 1 saturated carbocycles. The standard InChI is InChI=1S/C22H29N5O4S/c1-3-10-27(13-16-4-5-16)20-12-19(23-14-24-20)22(30)26-18-7-6-17(11-15(18)2)32(31)25-9-8-21(28)29/h6-7,11-12,14,16,25H,3-5,8-10,13H2,1-2H3,(H,26,30)(H,28,29). The Labute approximate surface area is 190 Å². The fraction of sp³-hybridized carbons (Fsp3) is 0.455. The van der Waals surface area contributed by atoms with E-state index in [-0.39, 0.29) is 24.6 Å². The van der Waals surface area contributed by atoms with E-state index in [0.717, 1.165) is 30.9 Å². The zero-order valence-corrected chi connectivity index (χ0v) is 19.2. The topological polar surface area (TPSA) is 125 Å². The lowest BCUT2D eigenvalue weighted by Gasteiger charge is -2.23. The Balaban J connectivity index is 1.66. The van der Waals surface area contributed by atoms with Gasteiger partial charge in [-0.3, -0.25) is 9.59 Å². The van der Waals surface area contributed by atoms with Crippen molar-refractivity contribution in [3.63, 3.8) is 0 Å². The van der Waals surface area contributed by atoms with E-state index in [1.807, 2.05) is 0 Å². The van der Waals surface area contributed by atoms with Gasteiger partial charge in [-0.05, 0) is 55.9 Å². The summed E-state index contributed by atoms with van der Waals surface area (Å²) in [6.45, 7) is 5.86. The van der Waals surface area contributed by atoms with Gasteiger partial charge in [0.1, 0.15) is 28.8 Å². The van der Waals surface area contributed by atoms with Gasteiger partial charge in [0, 0.05) is 31.4 Å². The predicted octanol–water partition coefficient (Wildman–Crippen LogP) is 2.75. The molecule has 1 unspecified atom stereocenters. The summed E-state index contributed by atoms with van der Waals surface area (Å²) < 4.78 is 14.9. The maximum Gasteiger partial charge on any atom is 0.304 e. The van der Waals surface area contributed by atoms with Crippen LogP contribution in [0, 0.1) is 12.8 Å². The highest BCUT2D eigenvalue weighted by molar-refractivity contribution is 7.83. The Hall–Kier alpha value is -2.85.